The van der Waals surface area contributed by atoms with E-state index < -0.39 is 5.60 Å². The normalized spacial score (nSPS) is 18.6. The molecule has 5 nitrogen and oxygen atoms in total. The molecule has 0 aromatic heterocycles. The number of carbonyl (C=O) groups excluding carboxylic acids is 1. The number of hydrogen-bond acceptors (Lipinski definition) is 3. The van der Waals surface area contributed by atoms with E-state index in [0.717, 1.165) is 31.8 Å². The standard InChI is InChI=1S/C17H29N3O2/c1-8-14(18-9-2)20-12-10-17(6,11-13-20)19(7)15(21)22-16(3,4)5/h8-9H,1-2,10-13H2,3-7H3/b18-14+. The van der Waals surface area contributed by atoms with Gasteiger partial charge in [-0.3, -0.25) is 0 Å². The van der Waals surface area contributed by atoms with E-state index in [1.807, 2.05) is 27.8 Å². The highest BCUT2D eigenvalue weighted by atomic mass is 16.6. The largest absolute Gasteiger partial charge is 0.444 e. The molecule has 1 saturated heterocycles. The van der Waals surface area contributed by atoms with E-state index in [9.17, 15) is 4.79 Å². The van der Waals surface area contributed by atoms with Gasteiger partial charge in [-0.05, 0) is 46.6 Å². The molecule has 1 heterocycles. The van der Waals surface area contributed by atoms with Gasteiger partial charge in [0.1, 0.15) is 11.4 Å². The Hall–Kier alpha value is -1.78. The molecule has 0 saturated carbocycles. The first-order valence-corrected chi connectivity index (χ1v) is 7.66. The molecule has 0 aromatic carbocycles. The third-order valence-electron chi connectivity index (χ3n) is 4.05. The molecule has 124 valence electrons. The van der Waals surface area contributed by atoms with Gasteiger partial charge in [0.25, 0.3) is 0 Å². The van der Waals surface area contributed by atoms with Crippen LogP contribution >= 0.6 is 0 Å². The minimum Gasteiger partial charge on any atom is -0.444 e. The smallest absolute Gasteiger partial charge is 0.410 e. The van der Waals surface area contributed by atoms with Gasteiger partial charge in [-0.1, -0.05) is 13.2 Å². The Morgan fingerprint density at radius 2 is 1.86 bits per heavy atom. The monoisotopic (exact) mass is 307 g/mol. The van der Waals surface area contributed by atoms with Crippen molar-refractivity contribution in [3.8, 4) is 0 Å². The number of amidine groups is 1. The SMILES string of the molecule is C=C/N=C(\C=C)N1CCC(C)(N(C)C(=O)OC(C)(C)C)CC1. The molecule has 0 aliphatic carbocycles. The zero-order chi connectivity index (χ0) is 17.0. The van der Waals surface area contributed by atoms with Crippen molar-refractivity contribution in [1.82, 2.24) is 9.80 Å². The number of carbonyl (C=O) groups is 1. The second kappa shape index (κ2) is 6.99. The van der Waals surface area contributed by atoms with E-state index in [0.29, 0.717) is 0 Å². The quantitative estimate of drug-likeness (QED) is 0.592. The average Bonchev–Trinajstić information content (AvgIpc) is 2.43. The first-order valence-electron chi connectivity index (χ1n) is 7.66. The molecular weight excluding hydrogens is 278 g/mol. The van der Waals surface area contributed by atoms with Crippen molar-refractivity contribution in [2.45, 2.75) is 51.7 Å². The van der Waals surface area contributed by atoms with E-state index in [2.05, 4.69) is 30.0 Å². The molecule has 1 fully saturated rings. The van der Waals surface area contributed by atoms with Crippen molar-refractivity contribution in [3.05, 3.63) is 25.4 Å². The summed E-state index contributed by atoms with van der Waals surface area (Å²) in [5.74, 6) is 0.831. The van der Waals surface area contributed by atoms with Crippen molar-refractivity contribution >= 4 is 11.9 Å². The van der Waals surface area contributed by atoms with Crippen LogP contribution in [-0.4, -0.2) is 53.0 Å². The minimum atomic E-state index is -0.477. The summed E-state index contributed by atoms with van der Waals surface area (Å²) in [7, 11) is 1.82. The number of aliphatic imine (C=N–C) groups is 1. The van der Waals surface area contributed by atoms with Crippen LogP contribution in [0.4, 0.5) is 4.79 Å². The van der Waals surface area contributed by atoms with Crippen molar-refractivity contribution < 1.29 is 9.53 Å². The van der Waals surface area contributed by atoms with Crippen LogP contribution in [0, 0.1) is 0 Å². The predicted octanol–water partition coefficient (Wildman–Crippen LogP) is 3.44. The maximum Gasteiger partial charge on any atom is 0.410 e. The zero-order valence-corrected chi connectivity index (χ0v) is 14.6. The van der Waals surface area contributed by atoms with Gasteiger partial charge in [-0.2, -0.15) is 0 Å². The van der Waals surface area contributed by atoms with Crippen LogP contribution in [0.25, 0.3) is 0 Å². The fraction of sp³-hybridized carbons (Fsp3) is 0.647. The van der Waals surface area contributed by atoms with Crippen LogP contribution < -0.4 is 0 Å². The molecule has 1 amide bonds. The topological polar surface area (TPSA) is 45.1 Å². The Balaban J connectivity index is 2.71. The summed E-state index contributed by atoms with van der Waals surface area (Å²) >= 11 is 0. The second-order valence-electron chi connectivity index (χ2n) is 6.90. The maximum atomic E-state index is 12.3. The lowest BCUT2D eigenvalue weighted by atomic mass is 9.88. The van der Waals surface area contributed by atoms with Gasteiger partial charge in [-0.25, -0.2) is 9.79 Å². The van der Waals surface area contributed by atoms with Gasteiger partial charge in [0.05, 0.1) is 0 Å². The molecule has 22 heavy (non-hydrogen) atoms. The van der Waals surface area contributed by atoms with E-state index in [4.69, 9.17) is 4.74 Å². The van der Waals surface area contributed by atoms with Crippen molar-refractivity contribution in [2.24, 2.45) is 4.99 Å². The molecule has 0 N–H and O–H groups in total. The fourth-order valence-electron chi connectivity index (χ4n) is 2.46. The molecule has 1 rings (SSSR count). The summed E-state index contributed by atoms with van der Waals surface area (Å²) in [5.41, 5.74) is -0.686. The molecule has 0 radical (unpaired) electrons. The summed E-state index contributed by atoms with van der Waals surface area (Å²) in [5, 5.41) is 0. The van der Waals surface area contributed by atoms with E-state index >= 15 is 0 Å². The molecule has 0 aromatic rings. The van der Waals surface area contributed by atoms with Gasteiger partial charge in [-0.15, -0.1) is 0 Å². The van der Waals surface area contributed by atoms with Crippen LogP contribution in [0.2, 0.25) is 0 Å². The highest BCUT2D eigenvalue weighted by molar-refractivity contribution is 5.93. The summed E-state index contributed by atoms with van der Waals surface area (Å²) in [4.78, 5) is 20.4. The lowest BCUT2D eigenvalue weighted by Gasteiger charge is -2.45. The van der Waals surface area contributed by atoms with Gasteiger partial charge < -0.3 is 14.5 Å². The third-order valence-corrected chi connectivity index (χ3v) is 4.05. The van der Waals surface area contributed by atoms with Gasteiger partial charge in [0.2, 0.25) is 0 Å². The highest BCUT2D eigenvalue weighted by Crippen LogP contribution is 2.29. The number of rotatable bonds is 3. The molecule has 1 aliphatic rings. The van der Waals surface area contributed by atoms with Crippen LogP contribution in [0.15, 0.2) is 30.4 Å². The average molecular weight is 307 g/mol. The minimum absolute atomic E-state index is 0.209. The van der Waals surface area contributed by atoms with E-state index in [1.165, 1.54) is 6.20 Å². The third kappa shape index (κ3) is 4.61. The van der Waals surface area contributed by atoms with Crippen LogP contribution in [0.3, 0.4) is 0 Å². The molecule has 5 heteroatoms. The summed E-state index contributed by atoms with van der Waals surface area (Å²) < 4.78 is 5.47. The number of ether oxygens (including phenoxy) is 1. The highest BCUT2D eigenvalue weighted by Gasteiger charge is 2.38. The fourth-order valence-corrected chi connectivity index (χ4v) is 2.46. The Labute approximate surface area is 134 Å². The van der Waals surface area contributed by atoms with Crippen molar-refractivity contribution in [1.29, 1.82) is 0 Å². The Morgan fingerprint density at radius 1 is 1.32 bits per heavy atom. The second-order valence-corrected chi connectivity index (χ2v) is 6.90. The van der Waals surface area contributed by atoms with E-state index in [-0.39, 0.29) is 11.6 Å². The molecule has 0 atom stereocenters. The molecule has 0 spiro atoms. The molecule has 0 bridgehead atoms. The van der Waals surface area contributed by atoms with E-state index in [1.54, 1.807) is 11.0 Å². The Morgan fingerprint density at radius 3 is 2.27 bits per heavy atom. The van der Waals surface area contributed by atoms with Crippen LogP contribution in [-0.2, 0) is 4.74 Å². The van der Waals surface area contributed by atoms with Crippen molar-refractivity contribution in [2.75, 3.05) is 20.1 Å². The number of hydrogen-bond donors (Lipinski definition) is 0. The van der Waals surface area contributed by atoms with Crippen LogP contribution in [0.5, 0.6) is 0 Å². The molecule has 1 aliphatic heterocycles. The number of likely N-dealkylation sites (tertiary alicyclic amines) is 1. The summed E-state index contributed by atoms with van der Waals surface area (Å²) in [6, 6.07) is 0. The zero-order valence-electron chi connectivity index (χ0n) is 14.6. The Kier molecular flexibility index (Phi) is 5.80. The molecule has 0 unspecified atom stereocenters. The number of amides is 1. The van der Waals surface area contributed by atoms with Crippen molar-refractivity contribution in [3.63, 3.8) is 0 Å². The van der Waals surface area contributed by atoms with Crippen LogP contribution in [0.1, 0.15) is 40.5 Å². The summed E-state index contributed by atoms with van der Waals surface area (Å²) in [6.07, 6.45) is 4.70. The van der Waals surface area contributed by atoms with Gasteiger partial charge in [0, 0.05) is 31.9 Å². The number of piperidine rings is 1. The summed E-state index contributed by atoms with van der Waals surface area (Å²) in [6.45, 7) is 16.8. The lowest BCUT2D eigenvalue weighted by molar-refractivity contribution is -0.00214. The first kappa shape index (κ1) is 18.3. The van der Waals surface area contributed by atoms with Gasteiger partial charge in [0.15, 0.2) is 0 Å². The maximum absolute atomic E-state index is 12.3. The lowest BCUT2D eigenvalue weighted by Crippen LogP contribution is -2.55. The number of nitrogens with zero attached hydrogens (tertiary/aromatic N) is 3. The van der Waals surface area contributed by atoms with Gasteiger partial charge >= 0.3 is 6.09 Å². The Bertz CT molecular complexity index is 455. The predicted molar refractivity (Wildman–Crippen MR) is 91.0 cm³/mol. The molecular formula is C17H29N3O2. The first-order chi connectivity index (χ1) is 10.1.